The molecule has 2 amide bonds. The van der Waals surface area contributed by atoms with Crippen LogP contribution >= 0.6 is 0 Å². The van der Waals surface area contributed by atoms with Crippen molar-refractivity contribution in [2.45, 2.75) is 52.6 Å². The first-order valence-corrected chi connectivity index (χ1v) is 10.8. The molecular formula is C24H25FN4O4. The van der Waals surface area contributed by atoms with Gasteiger partial charge >= 0.3 is 0 Å². The molecule has 0 bridgehead atoms. The Morgan fingerprint density at radius 3 is 2.67 bits per heavy atom. The number of carbonyl (C=O) groups excluding carboxylic acids is 3. The lowest BCUT2D eigenvalue weighted by Gasteiger charge is -2.18. The standard InChI is InChI=1S/C24H25FN4O4/c1-13-10-16(7-8-18(13)25)28-22(31)17-11-20(29-9-5-4-6-19(17)29)21(30)23(32)27-15(3)24-26-14(2)12-33-24/h7-8,10-12,15H,4-6,9H2,1-3H3,(H,27,32)(H,28,31)/t15-/m0/s1. The predicted octanol–water partition coefficient (Wildman–Crippen LogP) is 3.88. The van der Waals surface area contributed by atoms with Gasteiger partial charge in [0.1, 0.15) is 18.1 Å². The smallest absolute Gasteiger partial charge is 0.294 e. The molecule has 2 N–H and O–H groups in total. The molecule has 0 saturated heterocycles. The zero-order valence-electron chi connectivity index (χ0n) is 18.7. The Kier molecular flexibility index (Phi) is 6.13. The molecule has 1 aromatic carbocycles. The molecule has 0 radical (unpaired) electrons. The molecule has 172 valence electrons. The molecular weight excluding hydrogens is 427 g/mol. The summed E-state index contributed by atoms with van der Waals surface area (Å²) in [7, 11) is 0. The van der Waals surface area contributed by atoms with Crippen molar-refractivity contribution in [3.8, 4) is 0 Å². The van der Waals surface area contributed by atoms with Gasteiger partial charge in [0.15, 0.2) is 0 Å². The van der Waals surface area contributed by atoms with E-state index in [9.17, 15) is 18.8 Å². The van der Waals surface area contributed by atoms with Gasteiger partial charge in [0.25, 0.3) is 17.6 Å². The van der Waals surface area contributed by atoms with Gasteiger partial charge in [0.05, 0.1) is 17.0 Å². The van der Waals surface area contributed by atoms with Gasteiger partial charge in [-0.2, -0.15) is 0 Å². The van der Waals surface area contributed by atoms with Crippen molar-refractivity contribution in [3.63, 3.8) is 0 Å². The maximum atomic E-state index is 13.6. The number of oxazole rings is 1. The van der Waals surface area contributed by atoms with E-state index in [0.29, 0.717) is 47.1 Å². The molecule has 0 fully saturated rings. The maximum Gasteiger partial charge on any atom is 0.294 e. The topological polar surface area (TPSA) is 106 Å². The summed E-state index contributed by atoms with van der Waals surface area (Å²) in [6, 6.07) is 5.19. The molecule has 0 spiro atoms. The summed E-state index contributed by atoms with van der Waals surface area (Å²) in [5.74, 6) is -1.99. The Hall–Kier alpha value is -3.75. The highest BCUT2D eigenvalue weighted by Gasteiger charge is 2.29. The van der Waals surface area contributed by atoms with Crippen molar-refractivity contribution in [1.82, 2.24) is 14.9 Å². The van der Waals surface area contributed by atoms with Gasteiger partial charge in [-0.1, -0.05) is 0 Å². The molecule has 0 aliphatic carbocycles. The number of ketones is 1. The minimum Gasteiger partial charge on any atom is -0.446 e. The minimum atomic E-state index is -0.801. The monoisotopic (exact) mass is 452 g/mol. The minimum absolute atomic E-state index is 0.165. The van der Waals surface area contributed by atoms with E-state index in [0.717, 1.165) is 12.8 Å². The van der Waals surface area contributed by atoms with E-state index in [4.69, 9.17) is 4.42 Å². The lowest BCUT2D eigenvalue weighted by molar-refractivity contribution is -0.117. The van der Waals surface area contributed by atoms with Crippen LogP contribution in [0.1, 0.15) is 69.5 Å². The van der Waals surface area contributed by atoms with Crippen LogP contribution in [0.15, 0.2) is 34.9 Å². The van der Waals surface area contributed by atoms with Crippen molar-refractivity contribution in [2.75, 3.05) is 5.32 Å². The van der Waals surface area contributed by atoms with E-state index in [1.807, 2.05) is 0 Å². The summed E-state index contributed by atoms with van der Waals surface area (Å²) in [6.07, 6.45) is 3.80. The second kappa shape index (κ2) is 9.01. The zero-order valence-corrected chi connectivity index (χ0v) is 18.7. The molecule has 0 saturated carbocycles. The number of aromatic nitrogens is 2. The number of hydrogen-bond acceptors (Lipinski definition) is 5. The van der Waals surface area contributed by atoms with Gasteiger partial charge in [-0.3, -0.25) is 14.4 Å². The average Bonchev–Trinajstić information content (AvgIpc) is 3.40. The summed E-state index contributed by atoms with van der Waals surface area (Å²) in [6.45, 7) is 5.59. The summed E-state index contributed by atoms with van der Waals surface area (Å²) >= 11 is 0. The molecule has 4 rings (SSSR count). The quantitative estimate of drug-likeness (QED) is 0.436. The lowest BCUT2D eigenvalue weighted by Crippen LogP contribution is -2.34. The number of anilines is 1. The van der Waals surface area contributed by atoms with Crippen molar-refractivity contribution < 1.29 is 23.2 Å². The van der Waals surface area contributed by atoms with Crippen LogP contribution in [-0.4, -0.2) is 27.1 Å². The number of rotatable bonds is 6. The molecule has 1 aliphatic heterocycles. The fraction of sp³-hybridized carbons (Fsp3) is 0.333. The van der Waals surface area contributed by atoms with Crippen molar-refractivity contribution in [3.05, 3.63) is 70.4 Å². The van der Waals surface area contributed by atoms with E-state index < -0.39 is 23.6 Å². The van der Waals surface area contributed by atoms with Crippen molar-refractivity contribution in [1.29, 1.82) is 0 Å². The number of Topliss-reactive ketones (excluding diaryl/α,β-unsaturated/α-hetero) is 1. The van der Waals surface area contributed by atoms with Gasteiger partial charge in [-0.25, -0.2) is 9.37 Å². The van der Waals surface area contributed by atoms with Gasteiger partial charge < -0.3 is 19.6 Å². The van der Waals surface area contributed by atoms with Crippen LogP contribution in [0, 0.1) is 19.7 Å². The third kappa shape index (κ3) is 4.57. The average molecular weight is 452 g/mol. The molecule has 3 aromatic rings. The van der Waals surface area contributed by atoms with Crippen LogP contribution in [0.5, 0.6) is 0 Å². The summed E-state index contributed by atoms with van der Waals surface area (Å²) in [5, 5.41) is 5.37. The Labute approximate surface area is 190 Å². The highest BCUT2D eigenvalue weighted by atomic mass is 19.1. The largest absolute Gasteiger partial charge is 0.446 e. The number of hydrogen-bond donors (Lipinski definition) is 2. The Morgan fingerprint density at radius 1 is 1.18 bits per heavy atom. The Bertz CT molecular complexity index is 1240. The predicted molar refractivity (Wildman–Crippen MR) is 119 cm³/mol. The van der Waals surface area contributed by atoms with Gasteiger partial charge in [0.2, 0.25) is 5.89 Å². The summed E-state index contributed by atoms with van der Waals surface area (Å²) in [4.78, 5) is 42.9. The first-order valence-electron chi connectivity index (χ1n) is 10.8. The highest BCUT2D eigenvalue weighted by molar-refractivity contribution is 6.42. The van der Waals surface area contributed by atoms with Crippen LogP contribution in [-0.2, 0) is 17.8 Å². The molecule has 0 unspecified atom stereocenters. The van der Waals surface area contributed by atoms with Crippen LogP contribution in [0.3, 0.4) is 0 Å². The zero-order chi connectivity index (χ0) is 23.7. The number of benzene rings is 1. The Balaban J connectivity index is 1.57. The summed E-state index contributed by atoms with van der Waals surface area (Å²) in [5.41, 5.74) is 2.75. The maximum absolute atomic E-state index is 13.6. The number of aryl methyl sites for hydroxylation is 2. The fourth-order valence-electron chi connectivity index (χ4n) is 3.99. The molecule has 9 heteroatoms. The highest BCUT2D eigenvalue weighted by Crippen LogP contribution is 2.26. The summed E-state index contributed by atoms with van der Waals surface area (Å²) < 4.78 is 20.6. The van der Waals surface area contributed by atoms with E-state index in [-0.39, 0.29) is 11.5 Å². The molecule has 1 atom stereocenters. The SMILES string of the molecule is Cc1coc([C@H](C)NC(=O)C(=O)c2cc(C(=O)Nc3ccc(F)c(C)c3)c3n2CCCC3)n1. The van der Waals surface area contributed by atoms with Crippen LogP contribution in [0.25, 0.3) is 0 Å². The number of carbonyl (C=O) groups is 3. The van der Waals surface area contributed by atoms with Gasteiger partial charge in [-0.05, 0) is 69.9 Å². The number of nitrogens with zero attached hydrogens (tertiary/aromatic N) is 2. The molecule has 33 heavy (non-hydrogen) atoms. The molecule has 8 nitrogen and oxygen atoms in total. The second-order valence-corrected chi connectivity index (χ2v) is 8.27. The van der Waals surface area contributed by atoms with Gasteiger partial charge in [-0.15, -0.1) is 0 Å². The fourth-order valence-corrected chi connectivity index (χ4v) is 3.99. The number of nitrogens with one attached hydrogen (secondary N) is 2. The van der Waals surface area contributed by atoms with E-state index in [1.54, 1.807) is 31.4 Å². The second-order valence-electron chi connectivity index (χ2n) is 8.27. The van der Waals surface area contributed by atoms with Gasteiger partial charge in [0, 0.05) is 17.9 Å². The van der Waals surface area contributed by atoms with E-state index in [2.05, 4.69) is 15.6 Å². The number of amides is 2. The number of fused-ring (bicyclic) bond motifs is 1. The van der Waals surface area contributed by atoms with Crippen molar-refractivity contribution in [2.24, 2.45) is 0 Å². The third-order valence-corrected chi connectivity index (χ3v) is 5.71. The third-order valence-electron chi connectivity index (χ3n) is 5.71. The van der Waals surface area contributed by atoms with Crippen LogP contribution < -0.4 is 10.6 Å². The molecule has 1 aliphatic rings. The number of halogens is 1. The molecule has 2 aromatic heterocycles. The first-order chi connectivity index (χ1) is 15.7. The normalized spacial score (nSPS) is 13.8. The van der Waals surface area contributed by atoms with Crippen LogP contribution in [0.4, 0.5) is 10.1 Å². The van der Waals surface area contributed by atoms with Crippen LogP contribution in [0.2, 0.25) is 0 Å². The van der Waals surface area contributed by atoms with E-state index >= 15 is 0 Å². The van der Waals surface area contributed by atoms with E-state index in [1.165, 1.54) is 24.5 Å². The first kappa shape index (κ1) is 22.4. The lowest BCUT2D eigenvalue weighted by atomic mass is 10.1. The molecule has 3 heterocycles. The van der Waals surface area contributed by atoms with Crippen molar-refractivity contribution >= 4 is 23.3 Å². The Morgan fingerprint density at radius 2 is 1.97 bits per heavy atom.